The van der Waals surface area contributed by atoms with Gasteiger partial charge in [0.25, 0.3) is 0 Å². The Morgan fingerprint density at radius 2 is 2.12 bits per heavy atom. The number of aromatic nitrogens is 2. The summed E-state index contributed by atoms with van der Waals surface area (Å²) in [6.07, 6.45) is 3.23. The molecular formula is C12H12N2O3. The van der Waals surface area contributed by atoms with Crippen LogP contribution >= 0.6 is 0 Å². The highest BCUT2D eigenvalue weighted by Crippen LogP contribution is 2.20. The van der Waals surface area contributed by atoms with Crippen LogP contribution in [0.25, 0.3) is 11.4 Å². The van der Waals surface area contributed by atoms with Gasteiger partial charge in [0, 0.05) is 18.0 Å². The molecule has 1 aromatic carbocycles. The monoisotopic (exact) mass is 232 g/mol. The maximum atomic E-state index is 10.7. The van der Waals surface area contributed by atoms with Crippen LogP contribution in [-0.4, -0.2) is 27.7 Å². The van der Waals surface area contributed by atoms with E-state index < -0.39 is 5.97 Å². The molecule has 0 spiro atoms. The number of ether oxygens (including phenoxy) is 1. The fourth-order valence-electron chi connectivity index (χ4n) is 1.58. The van der Waals surface area contributed by atoms with Crippen molar-refractivity contribution in [2.45, 2.75) is 6.54 Å². The molecule has 0 radical (unpaired) electrons. The summed E-state index contributed by atoms with van der Waals surface area (Å²) in [6, 6.07) is 7.32. The van der Waals surface area contributed by atoms with Crippen LogP contribution in [0.2, 0.25) is 0 Å². The van der Waals surface area contributed by atoms with E-state index in [9.17, 15) is 4.79 Å². The smallest absolute Gasteiger partial charge is 0.323 e. The largest absolute Gasteiger partial charge is 0.497 e. The summed E-state index contributed by atoms with van der Waals surface area (Å²) in [4.78, 5) is 14.8. The Kier molecular flexibility index (Phi) is 3.09. The van der Waals surface area contributed by atoms with Crippen LogP contribution in [0.3, 0.4) is 0 Å². The lowest BCUT2D eigenvalue weighted by atomic mass is 10.2. The first kappa shape index (κ1) is 11.2. The van der Waals surface area contributed by atoms with Crippen LogP contribution in [0.1, 0.15) is 0 Å². The van der Waals surface area contributed by atoms with E-state index in [2.05, 4.69) is 4.98 Å². The van der Waals surface area contributed by atoms with E-state index in [4.69, 9.17) is 9.84 Å². The number of carboxylic acid groups (broad SMARTS) is 1. The maximum Gasteiger partial charge on any atom is 0.323 e. The van der Waals surface area contributed by atoms with Crippen molar-refractivity contribution in [3.8, 4) is 17.1 Å². The summed E-state index contributed by atoms with van der Waals surface area (Å²) >= 11 is 0. The minimum atomic E-state index is -0.891. The second-order valence-electron chi connectivity index (χ2n) is 3.50. The van der Waals surface area contributed by atoms with Gasteiger partial charge in [-0.1, -0.05) is 0 Å². The molecule has 1 N–H and O–H groups in total. The molecule has 0 atom stereocenters. The van der Waals surface area contributed by atoms with E-state index in [0.29, 0.717) is 5.82 Å². The molecule has 17 heavy (non-hydrogen) atoms. The van der Waals surface area contributed by atoms with Gasteiger partial charge in [0.05, 0.1) is 7.11 Å². The van der Waals surface area contributed by atoms with Gasteiger partial charge in [-0.2, -0.15) is 0 Å². The van der Waals surface area contributed by atoms with E-state index in [1.54, 1.807) is 24.1 Å². The molecule has 0 aliphatic carbocycles. The highest BCUT2D eigenvalue weighted by atomic mass is 16.5. The average Bonchev–Trinajstić information content (AvgIpc) is 2.76. The van der Waals surface area contributed by atoms with Crippen LogP contribution in [0.5, 0.6) is 5.75 Å². The van der Waals surface area contributed by atoms with Gasteiger partial charge in [0.15, 0.2) is 0 Å². The number of benzene rings is 1. The van der Waals surface area contributed by atoms with Gasteiger partial charge < -0.3 is 14.4 Å². The molecule has 0 bridgehead atoms. The average molecular weight is 232 g/mol. The number of carbonyl (C=O) groups is 1. The van der Waals surface area contributed by atoms with Crippen LogP contribution in [0.15, 0.2) is 36.7 Å². The summed E-state index contributed by atoms with van der Waals surface area (Å²) in [5.74, 6) is 0.498. The Labute approximate surface area is 98.3 Å². The molecule has 5 nitrogen and oxygen atoms in total. The molecule has 0 amide bonds. The third kappa shape index (κ3) is 2.44. The van der Waals surface area contributed by atoms with Crippen molar-refractivity contribution in [3.05, 3.63) is 36.7 Å². The van der Waals surface area contributed by atoms with Crippen molar-refractivity contribution < 1.29 is 14.6 Å². The fraction of sp³-hybridized carbons (Fsp3) is 0.167. The third-order valence-electron chi connectivity index (χ3n) is 2.37. The Morgan fingerprint density at radius 3 is 2.71 bits per heavy atom. The molecule has 0 saturated heterocycles. The Morgan fingerprint density at radius 1 is 1.41 bits per heavy atom. The number of nitrogens with zero attached hydrogens (tertiary/aromatic N) is 2. The standard InChI is InChI=1S/C12H12N2O3/c1-17-10-4-2-9(3-5-10)12-13-6-7-14(12)8-11(15)16/h2-7H,8H2,1H3,(H,15,16). The summed E-state index contributed by atoms with van der Waals surface area (Å²) in [5, 5.41) is 8.77. The van der Waals surface area contributed by atoms with Crippen LogP contribution in [-0.2, 0) is 11.3 Å². The second-order valence-corrected chi connectivity index (χ2v) is 3.50. The molecule has 0 fully saturated rings. The van der Waals surface area contributed by atoms with Crippen LogP contribution in [0.4, 0.5) is 0 Å². The van der Waals surface area contributed by atoms with Crippen molar-refractivity contribution in [2.24, 2.45) is 0 Å². The Balaban J connectivity index is 2.32. The van der Waals surface area contributed by atoms with Gasteiger partial charge in [-0.3, -0.25) is 4.79 Å². The predicted octanol–water partition coefficient (Wildman–Crippen LogP) is 1.64. The zero-order valence-corrected chi connectivity index (χ0v) is 9.33. The van der Waals surface area contributed by atoms with E-state index in [0.717, 1.165) is 11.3 Å². The zero-order chi connectivity index (χ0) is 12.3. The third-order valence-corrected chi connectivity index (χ3v) is 2.37. The van der Waals surface area contributed by atoms with Gasteiger partial charge >= 0.3 is 5.97 Å². The molecule has 0 aliphatic rings. The van der Waals surface area contributed by atoms with Crippen molar-refractivity contribution >= 4 is 5.97 Å². The number of hydrogen-bond acceptors (Lipinski definition) is 3. The molecule has 0 aliphatic heterocycles. The lowest BCUT2D eigenvalue weighted by molar-refractivity contribution is -0.137. The van der Waals surface area contributed by atoms with Gasteiger partial charge in [-0.25, -0.2) is 4.98 Å². The molecule has 2 rings (SSSR count). The number of methoxy groups -OCH3 is 1. The molecule has 2 aromatic rings. The zero-order valence-electron chi connectivity index (χ0n) is 9.33. The SMILES string of the molecule is COc1ccc(-c2nccn2CC(=O)O)cc1. The summed E-state index contributed by atoms with van der Waals surface area (Å²) in [5.41, 5.74) is 0.858. The molecule has 1 aromatic heterocycles. The molecule has 0 saturated carbocycles. The Hall–Kier alpha value is -2.30. The van der Waals surface area contributed by atoms with Crippen molar-refractivity contribution in [1.29, 1.82) is 0 Å². The first-order valence-electron chi connectivity index (χ1n) is 5.08. The number of aliphatic carboxylic acids is 1. The van der Waals surface area contributed by atoms with Crippen LogP contribution in [0, 0.1) is 0 Å². The summed E-state index contributed by atoms with van der Waals surface area (Å²) in [7, 11) is 1.60. The van der Waals surface area contributed by atoms with Crippen molar-refractivity contribution in [2.75, 3.05) is 7.11 Å². The number of rotatable bonds is 4. The van der Waals surface area contributed by atoms with Gasteiger partial charge in [0.2, 0.25) is 0 Å². The van der Waals surface area contributed by atoms with Gasteiger partial charge in [0.1, 0.15) is 18.1 Å². The lowest BCUT2D eigenvalue weighted by Gasteiger charge is -2.05. The quantitative estimate of drug-likeness (QED) is 0.870. The normalized spacial score (nSPS) is 10.2. The van der Waals surface area contributed by atoms with Gasteiger partial charge in [-0.15, -0.1) is 0 Å². The number of imidazole rings is 1. The minimum absolute atomic E-state index is 0.0959. The number of hydrogen-bond donors (Lipinski definition) is 1. The number of carboxylic acids is 1. The maximum absolute atomic E-state index is 10.7. The molecule has 5 heteroatoms. The topological polar surface area (TPSA) is 64.4 Å². The molecule has 1 heterocycles. The highest BCUT2D eigenvalue weighted by Gasteiger charge is 2.08. The van der Waals surface area contributed by atoms with E-state index in [1.807, 2.05) is 24.3 Å². The fourth-order valence-corrected chi connectivity index (χ4v) is 1.58. The Bertz CT molecular complexity index is 517. The van der Waals surface area contributed by atoms with E-state index in [1.165, 1.54) is 0 Å². The molecular weight excluding hydrogens is 220 g/mol. The van der Waals surface area contributed by atoms with Crippen molar-refractivity contribution in [3.63, 3.8) is 0 Å². The molecule has 0 unspecified atom stereocenters. The first-order valence-corrected chi connectivity index (χ1v) is 5.08. The van der Waals surface area contributed by atoms with Crippen molar-refractivity contribution in [1.82, 2.24) is 9.55 Å². The van der Waals surface area contributed by atoms with E-state index in [-0.39, 0.29) is 6.54 Å². The summed E-state index contributed by atoms with van der Waals surface area (Å²) < 4.78 is 6.65. The summed E-state index contributed by atoms with van der Waals surface area (Å²) in [6.45, 7) is -0.0959. The highest BCUT2D eigenvalue weighted by molar-refractivity contribution is 5.68. The molecule has 88 valence electrons. The van der Waals surface area contributed by atoms with Crippen LogP contribution < -0.4 is 4.74 Å². The predicted molar refractivity (Wildman–Crippen MR) is 61.9 cm³/mol. The van der Waals surface area contributed by atoms with Gasteiger partial charge in [-0.05, 0) is 24.3 Å². The first-order chi connectivity index (χ1) is 8.20. The lowest BCUT2D eigenvalue weighted by Crippen LogP contribution is -2.09. The minimum Gasteiger partial charge on any atom is -0.497 e. The second kappa shape index (κ2) is 4.69. The van der Waals surface area contributed by atoms with E-state index >= 15 is 0 Å².